The van der Waals surface area contributed by atoms with Gasteiger partial charge in [0, 0.05) is 21.9 Å². The first-order chi connectivity index (χ1) is 29.4. The molecule has 11 aromatic rings. The van der Waals surface area contributed by atoms with Crippen LogP contribution in [-0.2, 0) is 0 Å². The van der Waals surface area contributed by atoms with Gasteiger partial charge in [-0.05, 0) is 102 Å². The van der Waals surface area contributed by atoms with Crippen LogP contribution in [0.15, 0.2) is 180 Å². The van der Waals surface area contributed by atoms with Gasteiger partial charge in [-0.3, -0.25) is 0 Å². The van der Waals surface area contributed by atoms with E-state index in [9.17, 15) is 25.5 Å². The Morgan fingerprint density at radius 2 is 0.817 bits per heavy atom. The van der Waals surface area contributed by atoms with E-state index in [4.69, 9.17) is 4.42 Å². The van der Waals surface area contributed by atoms with Crippen LogP contribution < -0.4 is 0 Å². The molecule has 5 N–H and O–H groups in total. The Morgan fingerprint density at radius 1 is 0.283 bits per heavy atom. The first-order valence-electron chi connectivity index (χ1n) is 19.6. The SMILES string of the molecule is Oc1c(O)c(O)c(-c2c3ccccc3c(-c3cc(-c4c(-c5cccc(-c6ccccc6)c5)ccc5oc6ccccc6c45)cc4ccccc34)c3ccccc23)c(O)c1O. The van der Waals surface area contributed by atoms with Crippen LogP contribution in [0.4, 0.5) is 0 Å². The van der Waals surface area contributed by atoms with E-state index in [1.54, 1.807) is 0 Å². The maximum atomic E-state index is 11.3. The molecule has 0 saturated heterocycles. The van der Waals surface area contributed by atoms with E-state index in [1.807, 2.05) is 84.9 Å². The number of para-hydroxylation sites is 1. The molecule has 10 aromatic carbocycles. The molecule has 0 bridgehead atoms. The van der Waals surface area contributed by atoms with Gasteiger partial charge in [0.15, 0.2) is 11.5 Å². The van der Waals surface area contributed by atoms with Crippen molar-refractivity contribution in [2.45, 2.75) is 0 Å². The monoisotopic (exact) mass is 778 g/mol. The molecule has 1 heterocycles. The van der Waals surface area contributed by atoms with Crippen molar-refractivity contribution >= 4 is 54.3 Å². The first-order valence-corrected chi connectivity index (χ1v) is 19.6. The summed E-state index contributed by atoms with van der Waals surface area (Å²) in [6.07, 6.45) is 0. The lowest BCUT2D eigenvalue weighted by atomic mass is 9.82. The van der Waals surface area contributed by atoms with Crippen LogP contribution >= 0.6 is 0 Å². The summed E-state index contributed by atoms with van der Waals surface area (Å²) in [7, 11) is 0. The van der Waals surface area contributed by atoms with Crippen molar-refractivity contribution in [1.29, 1.82) is 0 Å². The normalized spacial score (nSPS) is 11.7. The number of benzene rings is 10. The van der Waals surface area contributed by atoms with E-state index < -0.39 is 28.7 Å². The lowest BCUT2D eigenvalue weighted by Crippen LogP contribution is -1.94. The van der Waals surface area contributed by atoms with Gasteiger partial charge in [0.25, 0.3) is 0 Å². The predicted octanol–water partition coefficient (Wildman–Crippen LogP) is 13.9. The van der Waals surface area contributed by atoms with Crippen LogP contribution in [0.25, 0.3) is 110 Å². The Hall–Kier alpha value is -8.22. The molecule has 0 unspecified atom stereocenters. The van der Waals surface area contributed by atoms with Crippen molar-refractivity contribution in [1.82, 2.24) is 0 Å². The second-order valence-corrected chi connectivity index (χ2v) is 15.1. The Balaban J connectivity index is 1.26. The van der Waals surface area contributed by atoms with Gasteiger partial charge < -0.3 is 29.9 Å². The quantitative estimate of drug-likeness (QED) is 0.0675. The van der Waals surface area contributed by atoms with E-state index in [2.05, 4.69) is 91.0 Å². The first kappa shape index (κ1) is 35.0. The minimum atomic E-state index is -1.01. The molecule has 0 aliphatic rings. The van der Waals surface area contributed by atoms with Crippen LogP contribution in [0.3, 0.4) is 0 Å². The highest BCUT2D eigenvalue weighted by molar-refractivity contribution is 6.25. The van der Waals surface area contributed by atoms with Gasteiger partial charge in [-0.25, -0.2) is 0 Å². The molecule has 0 atom stereocenters. The zero-order valence-corrected chi connectivity index (χ0v) is 31.9. The average molecular weight is 779 g/mol. The molecule has 0 aliphatic heterocycles. The highest BCUT2D eigenvalue weighted by Crippen LogP contribution is 2.58. The molecule has 60 heavy (non-hydrogen) atoms. The molecule has 6 heteroatoms. The maximum absolute atomic E-state index is 11.3. The number of aromatic hydroxyl groups is 5. The van der Waals surface area contributed by atoms with E-state index in [0.717, 1.165) is 88.0 Å². The molecule has 0 saturated carbocycles. The summed E-state index contributed by atoms with van der Waals surface area (Å²) in [4.78, 5) is 0. The van der Waals surface area contributed by atoms with E-state index in [-0.39, 0.29) is 5.56 Å². The van der Waals surface area contributed by atoms with E-state index in [0.29, 0.717) is 16.3 Å². The zero-order valence-electron chi connectivity index (χ0n) is 31.9. The molecule has 11 rings (SSSR count). The van der Waals surface area contributed by atoms with Crippen LogP contribution in [0.2, 0.25) is 0 Å². The fourth-order valence-corrected chi connectivity index (χ4v) is 9.13. The van der Waals surface area contributed by atoms with Crippen molar-refractivity contribution in [2.24, 2.45) is 0 Å². The minimum Gasteiger partial charge on any atom is -0.504 e. The minimum absolute atomic E-state index is 0.193. The van der Waals surface area contributed by atoms with Gasteiger partial charge in [0.05, 0.1) is 5.56 Å². The van der Waals surface area contributed by atoms with E-state index >= 15 is 0 Å². The molecule has 0 radical (unpaired) electrons. The molecule has 1 aromatic heterocycles. The molecular weight excluding hydrogens is 745 g/mol. The van der Waals surface area contributed by atoms with Crippen LogP contribution in [0.5, 0.6) is 28.7 Å². The van der Waals surface area contributed by atoms with Crippen LogP contribution in [0.1, 0.15) is 0 Å². The third-order valence-corrected chi connectivity index (χ3v) is 11.8. The summed E-state index contributed by atoms with van der Waals surface area (Å²) in [6, 6.07) is 59.6. The molecule has 6 nitrogen and oxygen atoms in total. The summed E-state index contributed by atoms with van der Waals surface area (Å²) in [5.41, 5.74) is 10.0. The molecule has 0 fully saturated rings. The lowest BCUT2D eigenvalue weighted by molar-refractivity contribution is 0.330. The van der Waals surface area contributed by atoms with Crippen molar-refractivity contribution in [3.05, 3.63) is 176 Å². The van der Waals surface area contributed by atoms with Gasteiger partial charge in [-0.2, -0.15) is 0 Å². The van der Waals surface area contributed by atoms with Crippen LogP contribution in [0, 0.1) is 0 Å². The number of hydrogen-bond acceptors (Lipinski definition) is 6. The second-order valence-electron chi connectivity index (χ2n) is 15.1. The molecular formula is C54H34O6. The van der Waals surface area contributed by atoms with Crippen molar-refractivity contribution in [3.63, 3.8) is 0 Å². The fourth-order valence-electron chi connectivity index (χ4n) is 9.13. The summed E-state index contributed by atoms with van der Waals surface area (Å²) in [5.74, 6) is -4.36. The third-order valence-electron chi connectivity index (χ3n) is 11.8. The van der Waals surface area contributed by atoms with Gasteiger partial charge >= 0.3 is 0 Å². The standard InChI is InChI=1S/C54H34O6/c55-50-49(51(56)53(58)54(59)52(50)57)47-39-21-8-6-19-37(39)46(38-20-7-9-22-40(38)47)42-29-34(28-32-15-4-5-18-35(32)42)45-36(25-26-44-48(45)41-23-10-11-24-43(41)60-44)33-17-12-16-31(27-33)30-13-2-1-3-14-30/h1-29,55-59H. The third kappa shape index (κ3) is 5.21. The van der Waals surface area contributed by atoms with Gasteiger partial charge in [-0.15, -0.1) is 0 Å². The topological polar surface area (TPSA) is 114 Å². The zero-order chi connectivity index (χ0) is 40.6. The predicted molar refractivity (Wildman–Crippen MR) is 242 cm³/mol. The highest BCUT2D eigenvalue weighted by Gasteiger charge is 2.29. The number of hydrogen-bond donors (Lipinski definition) is 5. The number of phenols is 5. The number of phenolic OH excluding ortho intramolecular Hbond substituents is 5. The van der Waals surface area contributed by atoms with Crippen molar-refractivity contribution < 1.29 is 29.9 Å². The summed E-state index contributed by atoms with van der Waals surface area (Å²) in [5, 5.41) is 61.3. The fraction of sp³-hybridized carbons (Fsp3) is 0. The van der Waals surface area contributed by atoms with E-state index in [1.165, 1.54) is 0 Å². The average Bonchev–Trinajstić information content (AvgIpc) is 3.68. The van der Waals surface area contributed by atoms with Gasteiger partial charge in [0.1, 0.15) is 11.2 Å². The molecule has 0 aliphatic carbocycles. The number of fused-ring (bicyclic) bond motifs is 6. The van der Waals surface area contributed by atoms with Gasteiger partial charge in [0.2, 0.25) is 17.2 Å². The summed E-state index contributed by atoms with van der Waals surface area (Å²) < 4.78 is 6.52. The molecule has 0 spiro atoms. The van der Waals surface area contributed by atoms with Crippen molar-refractivity contribution in [3.8, 4) is 84.4 Å². The Bertz CT molecular complexity index is 3460. The number of rotatable bonds is 5. The lowest BCUT2D eigenvalue weighted by Gasteiger charge is -2.21. The highest BCUT2D eigenvalue weighted by atomic mass is 16.4. The maximum Gasteiger partial charge on any atom is 0.208 e. The smallest absolute Gasteiger partial charge is 0.208 e. The Morgan fingerprint density at radius 3 is 1.50 bits per heavy atom. The Labute approximate surface area is 343 Å². The molecule has 0 amide bonds. The van der Waals surface area contributed by atoms with Crippen LogP contribution in [-0.4, -0.2) is 25.5 Å². The number of furan rings is 1. The second kappa shape index (κ2) is 13.4. The van der Waals surface area contributed by atoms with Gasteiger partial charge in [-0.1, -0.05) is 146 Å². The summed E-state index contributed by atoms with van der Waals surface area (Å²) >= 11 is 0. The van der Waals surface area contributed by atoms with Crippen molar-refractivity contribution in [2.75, 3.05) is 0 Å². The molecule has 286 valence electrons. The largest absolute Gasteiger partial charge is 0.504 e. The Kier molecular flexibility index (Phi) is 7.83. The summed E-state index contributed by atoms with van der Waals surface area (Å²) in [6.45, 7) is 0.